The Labute approximate surface area is 127 Å². The van der Waals surface area contributed by atoms with Gasteiger partial charge < -0.3 is 10.5 Å². The Hall–Kier alpha value is -1.68. The van der Waals surface area contributed by atoms with E-state index >= 15 is 0 Å². The van der Waals surface area contributed by atoms with E-state index in [9.17, 15) is 0 Å². The van der Waals surface area contributed by atoms with Crippen LogP contribution in [0.25, 0.3) is 0 Å². The van der Waals surface area contributed by atoms with Crippen molar-refractivity contribution in [2.45, 2.75) is 13.1 Å². The molecular formula is C18H24N2O. The predicted octanol–water partition coefficient (Wildman–Crippen LogP) is 2.66. The van der Waals surface area contributed by atoms with Crippen LogP contribution in [0, 0.1) is 0 Å². The van der Waals surface area contributed by atoms with Crippen molar-refractivity contribution in [2.24, 2.45) is 5.73 Å². The van der Waals surface area contributed by atoms with Crippen LogP contribution in [0.5, 0.6) is 0 Å². The third kappa shape index (κ3) is 6.08. The lowest BCUT2D eigenvalue weighted by molar-refractivity contribution is 0.104. The number of nitrogens with two attached hydrogens (primary N) is 1. The maximum Gasteiger partial charge on any atom is 0.0594 e. The van der Waals surface area contributed by atoms with E-state index in [1.54, 1.807) is 0 Å². The second-order valence-corrected chi connectivity index (χ2v) is 5.08. The van der Waals surface area contributed by atoms with Crippen molar-refractivity contribution in [3.05, 3.63) is 71.8 Å². The van der Waals surface area contributed by atoms with Crippen molar-refractivity contribution in [2.75, 3.05) is 26.3 Å². The zero-order chi connectivity index (χ0) is 14.8. The summed E-state index contributed by atoms with van der Waals surface area (Å²) >= 11 is 0. The molecule has 2 N–H and O–H groups in total. The maximum atomic E-state index is 5.52. The molecule has 0 heterocycles. The summed E-state index contributed by atoms with van der Waals surface area (Å²) in [6.45, 7) is 4.70. The van der Waals surface area contributed by atoms with Crippen LogP contribution in [0.4, 0.5) is 0 Å². The molecule has 2 rings (SSSR count). The van der Waals surface area contributed by atoms with Gasteiger partial charge in [0.2, 0.25) is 0 Å². The average Bonchev–Trinajstić information content (AvgIpc) is 2.53. The molecule has 2 aromatic rings. The highest BCUT2D eigenvalue weighted by Gasteiger charge is 2.07. The molecule has 0 atom stereocenters. The molecule has 3 heteroatoms. The summed E-state index contributed by atoms with van der Waals surface area (Å²) in [7, 11) is 0. The van der Waals surface area contributed by atoms with E-state index < -0.39 is 0 Å². The quantitative estimate of drug-likeness (QED) is 0.720. The van der Waals surface area contributed by atoms with Gasteiger partial charge in [0.05, 0.1) is 13.2 Å². The molecule has 2 aromatic carbocycles. The minimum absolute atomic E-state index is 0.581. The van der Waals surface area contributed by atoms with Gasteiger partial charge in [-0.15, -0.1) is 0 Å². The highest BCUT2D eigenvalue weighted by Crippen LogP contribution is 2.09. The first-order chi connectivity index (χ1) is 10.4. The van der Waals surface area contributed by atoms with Gasteiger partial charge in [-0.1, -0.05) is 60.7 Å². The molecule has 0 spiro atoms. The Balaban J connectivity index is 1.93. The SMILES string of the molecule is NCCOCCN(Cc1ccccc1)Cc1ccccc1. The van der Waals surface area contributed by atoms with Crippen LogP contribution in [0.2, 0.25) is 0 Å². The number of benzene rings is 2. The second kappa shape index (κ2) is 9.29. The fourth-order valence-corrected chi connectivity index (χ4v) is 2.28. The molecule has 0 saturated carbocycles. The normalized spacial score (nSPS) is 11.0. The van der Waals surface area contributed by atoms with E-state index in [-0.39, 0.29) is 0 Å². The lowest BCUT2D eigenvalue weighted by Crippen LogP contribution is -2.27. The summed E-state index contributed by atoms with van der Waals surface area (Å²) in [6, 6.07) is 21.1. The molecular weight excluding hydrogens is 260 g/mol. The van der Waals surface area contributed by atoms with Crippen molar-refractivity contribution in [1.82, 2.24) is 4.90 Å². The Bertz CT molecular complexity index is 446. The molecule has 21 heavy (non-hydrogen) atoms. The van der Waals surface area contributed by atoms with Gasteiger partial charge in [-0.25, -0.2) is 0 Å². The minimum atomic E-state index is 0.581. The Morgan fingerprint density at radius 2 is 1.29 bits per heavy atom. The highest BCUT2D eigenvalue weighted by atomic mass is 16.5. The molecule has 0 amide bonds. The smallest absolute Gasteiger partial charge is 0.0594 e. The standard InChI is InChI=1S/C18H24N2O/c19-11-13-21-14-12-20(15-17-7-3-1-4-8-17)16-18-9-5-2-6-10-18/h1-10H,11-16,19H2. The molecule has 0 fully saturated rings. The second-order valence-electron chi connectivity index (χ2n) is 5.08. The van der Waals surface area contributed by atoms with Gasteiger partial charge in [-0.3, -0.25) is 4.90 Å². The van der Waals surface area contributed by atoms with E-state index in [1.807, 2.05) is 0 Å². The van der Waals surface area contributed by atoms with Gasteiger partial charge in [-0.2, -0.15) is 0 Å². The van der Waals surface area contributed by atoms with Crippen molar-refractivity contribution < 1.29 is 4.74 Å². The molecule has 0 unspecified atom stereocenters. The molecule has 0 aliphatic heterocycles. The van der Waals surface area contributed by atoms with E-state index in [2.05, 4.69) is 65.6 Å². The minimum Gasteiger partial charge on any atom is -0.379 e. The summed E-state index contributed by atoms with van der Waals surface area (Å²) in [5, 5.41) is 0. The van der Waals surface area contributed by atoms with E-state index in [1.165, 1.54) is 11.1 Å². The lowest BCUT2D eigenvalue weighted by atomic mass is 10.1. The number of rotatable bonds is 9. The largest absolute Gasteiger partial charge is 0.379 e. The van der Waals surface area contributed by atoms with Crippen LogP contribution in [-0.4, -0.2) is 31.2 Å². The van der Waals surface area contributed by atoms with Crippen LogP contribution in [0.1, 0.15) is 11.1 Å². The van der Waals surface area contributed by atoms with Crippen LogP contribution >= 0.6 is 0 Å². The first-order valence-corrected chi connectivity index (χ1v) is 7.46. The van der Waals surface area contributed by atoms with E-state index in [0.717, 1.165) is 26.2 Å². The predicted molar refractivity (Wildman–Crippen MR) is 86.9 cm³/mol. The third-order valence-corrected chi connectivity index (χ3v) is 3.31. The molecule has 0 aliphatic rings. The first kappa shape index (κ1) is 15.7. The van der Waals surface area contributed by atoms with Gasteiger partial charge in [0.25, 0.3) is 0 Å². The average molecular weight is 284 g/mol. The van der Waals surface area contributed by atoms with Crippen molar-refractivity contribution in [3.8, 4) is 0 Å². The fraction of sp³-hybridized carbons (Fsp3) is 0.333. The molecule has 3 nitrogen and oxygen atoms in total. The van der Waals surface area contributed by atoms with Crippen molar-refractivity contribution in [1.29, 1.82) is 0 Å². The summed E-state index contributed by atoms with van der Waals surface area (Å²) in [4.78, 5) is 2.40. The summed E-state index contributed by atoms with van der Waals surface area (Å²) < 4.78 is 5.52. The summed E-state index contributed by atoms with van der Waals surface area (Å²) in [5.41, 5.74) is 8.11. The lowest BCUT2D eigenvalue weighted by Gasteiger charge is -2.22. The highest BCUT2D eigenvalue weighted by molar-refractivity contribution is 5.17. The molecule has 0 saturated heterocycles. The zero-order valence-electron chi connectivity index (χ0n) is 12.4. The van der Waals surface area contributed by atoms with Gasteiger partial charge in [0.15, 0.2) is 0 Å². The Morgan fingerprint density at radius 3 is 1.76 bits per heavy atom. The molecule has 0 bridgehead atoms. The van der Waals surface area contributed by atoms with E-state index in [4.69, 9.17) is 10.5 Å². The number of hydrogen-bond donors (Lipinski definition) is 1. The number of ether oxygens (including phenoxy) is 1. The number of nitrogens with zero attached hydrogens (tertiary/aromatic N) is 1. The van der Waals surface area contributed by atoms with Crippen LogP contribution in [0.3, 0.4) is 0 Å². The molecule has 0 radical (unpaired) electrons. The molecule has 0 aliphatic carbocycles. The van der Waals surface area contributed by atoms with Gasteiger partial charge in [0.1, 0.15) is 0 Å². The molecule has 0 aromatic heterocycles. The van der Waals surface area contributed by atoms with E-state index in [0.29, 0.717) is 13.2 Å². The number of hydrogen-bond acceptors (Lipinski definition) is 3. The third-order valence-electron chi connectivity index (χ3n) is 3.31. The van der Waals surface area contributed by atoms with Crippen molar-refractivity contribution in [3.63, 3.8) is 0 Å². The summed E-state index contributed by atoms with van der Waals surface area (Å²) in [6.07, 6.45) is 0. The van der Waals surface area contributed by atoms with Crippen LogP contribution in [0.15, 0.2) is 60.7 Å². The van der Waals surface area contributed by atoms with Gasteiger partial charge in [-0.05, 0) is 11.1 Å². The fourth-order valence-electron chi connectivity index (χ4n) is 2.28. The molecule has 112 valence electrons. The monoisotopic (exact) mass is 284 g/mol. The van der Waals surface area contributed by atoms with Crippen LogP contribution in [-0.2, 0) is 17.8 Å². The summed E-state index contributed by atoms with van der Waals surface area (Å²) in [5.74, 6) is 0. The van der Waals surface area contributed by atoms with Gasteiger partial charge >= 0.3 is 0 Å². The van der Waals surface area contributed by atoms with Crippen LogP contribution < -0.4 is 5.73 Å². The Morgan fingerprint density at radius 1 is 0.762 bits per heavy atom. The topological polar surface area (TPSA) is 38.5 Å². The Kier molecular flexibility index (Phi) is 6.95. The first-order valence-electron chi connectivity index (χ1n) is 7.46. The maximum absolute atomic E-state index is 5.52. The van der Waals surface area contributed by atoms with Crippen molar-refractivity contribution >= 4 is 0 Å². The van der Waals surface area contributed by atoms with Gasteiger partial charge in [0, 0.05) is 26.2 Å². The zero-order valence-corrected chi connectivity index (χ0v) is 12.4.